The van der Waals surface area contributed by atoms with Gasteiger partial charge in [0.25, 0.3) is 11.5 Å². The van der Waals surface area contributed by atoms with Crippen molar-refractivity contribution in [2.75, 3.05) is 57.9 Å². The van der Waals surface area contributed by atoms with E-state index >= 15 is 0 Å². The SMILES string of the molecule is CC.CCN1C[C@H](C)n2c(c(OC)c3c(=O)n4nc(c32)N2CCN(CC2)C(=O)CCCOc2cc(F)ccc2C4)C1=O. The molecule has 1 saturated heterocycles. The van der Waals surface area contributed by atoms with E-state index in [1.807, 2.05) is 37.2 Å². The summed E-state index contributed by atoms with van der Waals surface area (Å²) in [5.41, 5.74) is 1.07. The fourth-order valence-corrected chi connectivity index (χ4v) is 6.07. The lowest BCUT2D eigenvalue weighted by Gasteiger charge is -2.37. The van der Waals surface area contributed by atoms with Gasteiger partial charge in [-0.2, -0.15) is 0 Å². The van der Waals surface area contributed by atoms with Gasteiger partial charge < -0.3 is 28.7 Å². The average molecular weight is 583 g/mol. The van der Waals surface area contributed by atoms with Crippen LogP contribution in [0.2, 0.25) is 0 Å². The number of methoxy groups -OCH3 is 1. The van der Waals surface area contributed by atoms with Crippen LogP contribution in [0.3, 0.4) is 0 Å². The lowest BCUT2D eigenvalue weighted by Crippen LogP contribution is -2.49. The second-order valence-corrected chi connectivity index (χ2v) is 10.5. The summed E-state index contributed by atoms with van der Waals surface area (Å²) in [7, 11) is 1.47. The number of carbonyl (C=O) groups excluding carboxylic acids is 2. The summed E-state index contributed by atoms with van der Waals surface area (Å²) < 4.78 is 29.1. The second kappa shape index (κ2) is 12.0. The fraction of sp³-hybridized carbons (Fsp3) is 0.533. The van der Waals surface area contributed by atoms with Crippen LogP contribution in [0.15, 0.2) is 23.0 Å². The minimum absolute atomic E-state index is 0.0323. The number of benzene rings is 1. The van der Waals surface area contributed by atoms with E-state index in [2.05, 4.69) is 4.90 Å². The van der Waals surface area contributed by atoms with E-state index in [1.165, 1.54) is 23.9 Å². The van der Waals surface area contributed by atoms with Crippen LogP contribution in [0.5, 0.6) is 11.5 Å². The first kappa shape index (κ1) is 29.4. The van der Waals surface area contributed by atoms with Crippen molar-refractivity contribution in [3.8, 4) is 11.5 Å². The Hall–Kier alpha value is -4.09. The molecular weight excluding hydrogens is 543 g/mol. The van der Waals surface area contributed by atoms with Crippen LogP contribution >= 0.6 is 0 Å². The van der Waals surface area contributed by atoms with Gasteiger partial charge in [-0.25, -0.2) is 9.07 Å². The average Bonchev–Trinajstić information content (AvgIpc) is 3.36. The first-order valence-corrected chi connectivity index (χ1v) is 14.8. The fourth-order valence-electron chi connectivity index (χ4n) is 6.07. The van der Waals surface area contributed by atoms with Crippen LogP contribution in [0.1, 0.15) is 62.6 Å². The van der Waals surface area contributed by atoms with Crippen molar-refractivity contribution in [2.24, 2.45) is 0 Å². The molecule has 4 bridgehead atoms. The predicted octanol–water partition coefficient (Wildman–Crippen LogP) is 3.28. The Bertz CT molecular complexity index is 1560. The molecule has 0 aliphatic carbocycles. The molecule has 0 saturated carbocycles. The molecule has 4 aliphatic heterocycles. The number of hydrogen-bond acceptors (Lipinski definition) is 7. The summed E-state index contributed by atoms with van der Waals surface area (Å²) in [5.74, 6) is 0.463. The number of hydrogen-bond donors (Lipinski definition) is 0. The lowest BCUT2D eigenvalue weighted by molar-refractivity contribution is -0.131. The highest BCUT2D eigenvalue weighted by molar-refractivity contribution is 6.07. The maximum Gasteiger partial charge on any atom is 0.280 e. The zero-order valence-corrected chi connectivity index (χ0v) is 25.0. The monoisotopic (exact) mass is 582 g/mol. The number of halogens is 1. The number of likely N-dealkylation sites (N-methyl/N-ethyl adjacent to an activating group) is 1. The van der Waals surface area contributed by atoms with Crippen molar-refractivity contribution in [3.63, 3.8) is 0 Å². The van der Waals surface area contributed by atoms with Crippen molar-refractivity contribution in [3.05, 3.63) is 45.6 Å². The van der Waals surface area contributed by atoms with Gasteiger partial charge in [-0.15, -0.1) is 5.10 Å². The number of amides is 2. The van der Waals surface area contributed by atoms with Crippen LogP contribution in [-0.4, -0.2) is 88.9 Å². The molecule has 2 amide bonds. The van der Waals surface area contributed by atoms with E-state index in [0.717, 1.165) is 0 Å². The van der Waals surface area contributed by atoms with Crippen LogP contribution in [-0.2, 0) is 11.3 Å². The maximum absolute atomic E-state index is 14.2. The van der Waals surface area contributed by atoms with E-state index in [4.69, 9.17) is 14.6 Å². The molecule has 7 rings (SSSR count). The van der Waals surface area contributed by atoms with Crippen molar-refractivity contribution >= 4 is 28.5 Å². The number of aromatic nitrogens is 3. The topological polar surface area (TPSA) is 102 Å². The van der Waals surface area contributed by atoms with E-state index in [9.17, 15) is 18.8 Å². The Kier molecular flexibility index (Phi) is 8.42. The summed E-state index contributed by atoms with van der Waals surface area (Å²) in [6.45, 7) is 11.3. The number of anilines is 1. The highest BCUT2D eigenvalue weighted by atomic mass is 19.1. The standard InChI is InChI=1S/C28H33FN6O5.C2H6/c1-4-31-15-17(2)35-23-22(25(39-3)24(35)28(31)38)27(37)34-16-18-7-8-19(29)14-20(18)40-13-5-6-21(36)32-9-11-33(12-10-32)26(23)30-34;1-2/h7-8,14,17H,4-6,9-13,15-16H2,1-3H3;1-2H3/t17-;/m0./s1. The van der Waals surface area contributed by atoms with Gasteiger partial charge in [-0.3, -0.25) is 14.4 Å². The molecular formula is C30H39FN6O5. The zero-order valence-electron chi connectivity index (χ0n) is 25.0. The minimum atomic E-state index is -0.464. The Labute approximate surface area is 244 Å². The first-order chi connectivity index (χ1) is 20.3. The lowest BCUT2D eigenvalue weighted by atomic mass is 10.2. The molecule has 1 fully saturated rings. The molecule has 0 radical (unpaired) electrons. The molecule has 3 aromatic rings. The van der Waals surface area contributed by atoms with Crippen LogP contribution < -0.4 is 19.9 Å². The van der Waals surface area contributed by atoms with Gasteiger partial charge in [0.1, 0.15) is 22.5 Å². The molecule has 226 valence electrons. The molecule has 0 spiro atoms. The molecule has 2 aromatic heterocycles. The van der Waals surface area contributed by atoms with E-state index < -0.39 is 11.4 Å². The Morgan fingerprint density at radius 1 is 1.10 bits per heavy atom. The van der Waals surface area contributed by atoms with E-state index in [1.54, 1.807) is 11.0 Å². The normalized spacial score (nSPS) is 18.9. The van der Waals surface area contributed by atoms with E-state index in [0.29, 0.717) is 80.5 Å². The largest absolute Gasteiger partial charge is 0.493 e. The van der Waals surface area contributed by atoms with Gasteiger partial charge >= 0.3 is 0 Å². The Morgan fingerprint density at radius 3 is 2.50 bits per heavy atom. The van der Waals surface area contributed by atoms with E-state index in [-0.39, 0.29) is 42.1 Å². The molecule has 1 aromatic carbocycles. The third-order valence-electron chi connectivity index (χ3n) is 8.11. The van der Waals surface area contributed by atoms with Gasteiger partial charge in [-0.05, 0) is 26.3 Å². The summed E-state index contributed by atoms with van der Waals surface area (Å²) in [6.07, 6.45) is 0.826. The number of nitrogens with zero attached hydrogens (tertiary/aromatic N) is 6. The molecule has 4 aliphatic rings. The van der Waals surface area contributed by atoms with Gasteiger partial charge in [0, 0.05) is 63.4 Å². The first-order valence-electron chi connectivity index (χ1n) is 14.8. The van der Waals surface area contributed by atoms with Gasteiger partial charge in [0.05, 0.1) is 20.3 Å². The highest BCUT2D eigenvalue weighted by Gasteiger charge is 2.38. The molecule has 1 atom stereocenters. The van der Waals surface area contributed by atoms with Crippen molar-refractivity contribution in [2.45, 2.75) is 53.1 Å². The Balaban J connectivity index is 0.00000173. The van der Waals surface area contributed by atoms with Gasteiger partial charge in [0.2, 0.25) is 5.91 Å². The highest BCUT2D eigenvalue weighted by Crippen LogP contribution is 2.41. The van der Waals surface area contributed by atoms with Crippen LogP contribution in [0.4, 0.5) is 10.2 Å². The summed E-state index contributed by atoms with van der Waals surface area (Å²) >= 11 is 0. The molecule has 12 heteroatoms. The molecule has 42 heavy (non-hydrogen) atoms. The van der Waals surface area contributed by atoms with Gasteiger partial charge in [0.15, 0.2) is 17.3 Å². The van der Waals surface area contributed by atoms with Crippen LogP contribution in [0, 0.1) is 5.82 Å². The summed E-state index contributed by atoms with van der Waals surface area (Å²) in [6, 6.07) is 4.06. The minimum Gasteiger partial charge on any atom is -0.493 e. The summed E-state index contributed by atoms with van der Waals surface area (Å²) in [4.78, 5) is 46.2. The zero-order chi connectivity index (χ0) is 30.1. The van der Waals surface area contributed by atoms with Gasteiger partial charge in [-0.1, -0.05) is 19.9 Å². The number of fused-ring (bicyclic) bond motifs is 9. The van der Waals surface area contributed by atoms with Crippen molar-refractivity contribution in [1.82, 2.24) is 24.1 Å². The molecule has 6 heterocycles. The predicted molar refractivity (Wildman–Crippen MR) is 157 cm³/mol. The van der Waals surface area contributed by atoms with Crippen LogP contribution in [0.25, 0.3) is 10.9 Å². The molecule has 0 N–H and O–H groups in total. The third-order valence-corrected chi connectivity index (χ3v) is 8.11. The van der Waals surface area contributed by atoms with Crippen molar-refractivity contribution < 1.29 is 23.5 Å². The number of carbonyl (C=O) groups is 2. The van der Waals surface area contributed by atoms with Crippen molar-refractivity contribution in [1.29, 1.82) is 0 Å². The number of ether oxygens (including phenoxy) is 2. The summed E-state index contributed by atoms with van der Waals surface area (Å²) in [5, 5.41) is 5.14. The Morgan fingerprint density at radius 2 is 1.81 bits per heavy atom. The third kappa shape index (κ3) is 4.96. The smallest absolute Gasteiger partial charge is 0.280 e. The quantitative estimate of drug-likeness (QED) is 0.457. The second-order valence-electron chi connectivity index (χ2n) is 10.5. The molecule has 0 unspecified atom stereocenters. The maximum atomic E-state index is 14.2. The number of rotatable bonds is 2. The molecule has 11 nitrogen and oxygen atoms in total. The number of piperazine rings is 1.